The summed E-state index contributed by atoms with van der Waals surface area (Å²) in [5, 5.41) is 8.07. The van der Waals surface area contributed by atoms with Crippen molar-refractivity contribution in [1.82, 2.24) is 25.0 Å². The van der Waals surface area contributed by atoms with Gasteiger partial charge in [-0.3, -0.25) is 14.3 Å². The lowest BCUT2D eigenvalue weighted by Crippen LogP contribution is -2.38. The fourth-order valence-corrected chi connectivity index (χ4v) is 3.11. The monoisotopic (exact) mass is 329 g/mol. The summed E-state index contributed by atoms with van der Waals surface area (Å²) < 4.78 is 1.71. The van der Waals surface area contributed by atoms with Crippen LogP contribution in [0.3, 0.4) is 0 Å². The van der Waals surface area contributed by atoms with Gasteiger partial charge in [-0.1, -0.05) is 6.42 Å². The van der Waals surface area contributed by atoms with Crippen LogP contribution in [-0.2, 0) is 11.8 Å². The highest BCUT2D eigenvalue weighted by atomic mass is 16.2. The SMILES string of the molecule is Cc1nn(C)c2ncc(C(=O)NCCN3CCCCCC3=O)cc12. The molecule has 0 spiro atoms. The van der Waals surface area contributed by atoms with Crippen LogP contribution in [0.2, 0.25) is 0 Å². The van der Waals surface area contributed by atoms with Crippen molar-refractivity contribution < 1.29 is 9.59 Å². The van der Waals surface area contributed by atoms with Gasteiger partial charge < -0.3 is 10.2 Å². The highest BCUT2D eigenvalue weighted by Crippen LogP contribution is 2.16. The molecule has 2 aromatic heterocycles. The highest BCUT2D eigenvalue weighted by molar-refractivity contribution is 5.97. The van der Waals surface area contributed by atoms with E-state index < -0.39 is 0 Å². The van der Waals surface area contributed by atoms with Gasteiger partial charge in [0.1, 0.15) is 0 Å². The second-order valence-electron chi connectivity index (χ2n) is 6.25. The van der Waals surface area contributed by atoms with Gasteiger partial charge in [-0.15, -0.1) is 0 Å². The Morgan fingerprint density at radius 3 is 3.00 bits per heavy atom. The molecule has 128 valence electrons. The normalized spacial score (nSPS) is 15.6. The standard InChI is InChI=1S/C17H23N5O2/c1-12-14-10-13(11-19-16(14)21(2)20-12)17(24)18-7-9-22-8-5-3-4-6-15(22)23/h10-11H,3-9H2,1-2H3,(H,18,24). The molecule has 0 saturated carbocycles. The zero-order valence-electron chi connectivity index (χ0n) is 14.2. The van der Waals surface area contributed by atoms with E-state index in [1.807, 2.05) is 24.9 Å². The molecule has 0 bridgehead atoms. The minimum absolute atomic E-state index is 0.171. The Balaban J connectivity index is 1.60. The van der Waals surface area contributed by atoms with Crippen molar-refractivity contribution in [2.45, 2.75) is 32.6 Å². The van der Waals surface area contributed by atoms with E-state index in [1.165, 1.54) is 0 Å². The molecular weight excluding hydrogens is 306 g/mol. The first-order valence-electron chi connectivity index (χ1n) is 8.41. The summed E-state index contributed by atoms with van der Waals surface area (Å²) in [6.07, 6.45) is 5.30. The molecule has 1 aliphatic rings. The van der Waals surface area contributed by atoms with Gasteiger partial charge in [-0.25, -0.2) is 4.98 Å². The van der Waals surface area contributed by atoms with E-state index in [-0.39, 0.29) is 11.8 Å². The van der Waals surface area contributed by atoms with E-state index in [9.17, 15) is 9.59 Å². The molecule has 2 aromatic rings. The van der Waals surface area contributed by atoms with Crippen molar-refractivity contribution >= 4 is 22.8 Å². The number of rotatable bonds is 4. The minimum Gasteiger partial charge on any atom is -0.350 e. The van der Waals surface area contributed by atoms with Crippen molar-refractivity contribution in [3.05, 3.63) is 23.5 Å². The van der Waals surface area contributed by atoms with Crippen molar-refractivity contribution in [3.8, 4) is 0 Å². The van der Waals surface area contributed by atoms with Crippen LogP contribution in [0.25, 0.3) is 11.0 Å². The fourth-order valence-electron chi connectivity index (χ4n) is 3.11. The number of likely N-dealkylation sites (tertiary alicyclic amines) is 1. The van der Waals surface area contributed by atoms with Gasteiger partial charge in [0.2, 0.25) is 5.91 Å². The Morgan fingerprint density at radius 1 is 1.33 bits per heavy atom. The average molecular weight is 329 g/mol. The zero-order chi connectivity index (χ0) is 17.1. The lowest BCUT2D eigenvalue weighted by Gasteiger charge is -2.20. The second kappa shape index (κ2) is 6.98. The molecule has 0 aliphatic carbocycles. The van der Waals surface area contributed by atoms with Gasteiger partial charge in [0, 0.05) is 44.7 Å². The van der Waals surface area contributed by atoms with E-state index >= 15 is 0 Å². The Bertz CT molecular complexity index is 768. The number of carbonyl (C=O) groups excluding carboxylic acids is 2. The summed E-state index contributed by atoms with van der Waals surface area (Å²) >= 11 is 0. The number of pyridine rings is 1. The average Bonchev–Trinajstić information content (AvgIpc) is 2.72. The molecule has 1 fully saturated rings. The summed E-state index contributed by atoms with van der Waals surface area (Å²) in [7, 11) is 1.83. The molecule has 3 rings (SSSR count). The third-order valence-electron chi connectivity index (χ3n) is 4.46. The van der Waals surface area contributed by atoms with E-state index in [2.05, 4.69) is 15.4 Å². The molecule has 24 heavy (non-hydrogen) atoms. The number of nitrogens with one attached hydrogen (secondary N) is 1. The molecule has 3 heterocycles. The molecule has 1 N–H and O–H groups in total. The fraction of sp³-hybridized carbons (Fsp3) is 0.529. The predicted molar refractivity (Wildman–Crippen MR) is 90.6 cm³/mol. The number of carbonyl (C=O) groups is 2. The van der Waals surface area contributed by atoms with Gasteiger partial charge in [-0.2, -0.15) is 5.10 Å². The van der Waals surface area contributed by atoms with E-state index in [1.54, 1.807) is 10.9 Å². The van der Waals surface area contributed by atoms with E-state index in [0.717, 1.165) is 42.5 Å². The first kappa shape index (κ1) is 16.4. The third kappa shape index (κ3) is 3.39. The van der Waals surface area contributed by atoms with Gasteiger partial charge in [0.25, 0.3) is 5.91 Å². The smallest absolute Gasteiger partial charge is 0.252 e. The summed E-state index contributed by atoms with van der Waals surface area (Å²) in [6.45, 7) is 3.70. The zero-order valence-corrected chi connectivity index (χ0v) is 14.2. The number of hydrogen-bond donors (Lipinski definition) is 1. The highest BCUT2D eigenvalue weighted by Gasteiger charge is 2.17. The van der Waals surface area contributed by atoms with Crippen LogP contribution in [-0.4, -0.2) is 51.1 Å². The molecule has 7 heteroatoms. The maximum atomic E-state index is 12.3. The predicted octanol–water partition coefficient (Wildman–Crippen LogP) is 1.41. The Kier molecular flexibility index (Phi) is 4.78. The largest absolute Gasteiger partial charge is 0.350 e. The van der Waals surface area contributed by atoms with Gasteiger partial charge in [-0.05, 0) is 25.8 Å². The molecule has 0 aromatic carbocycles. The van der Waals surface area contributed by atoms with Crippen LogP contribution >= 0.6 is 0 Å². The molecular formula is C17H23N5O2. The quantitative estimate of drug-likeness (QED) is 0.920. The number of nitrogens with zero attached hydrogens (tertiary/aromatic N) is 4. The minimum atomic E-state index is -0.171. The van der Waals surface area contributed by atoms with Crippen molar-refractivity contribution in [1.29, 1.82) is 0 Å². The first-order valence-corrected chi connectivity index (χ1v) is 8.41. The Labute approximate surface area is 141 Å². The van der Waals surface area contributed by atoms with Crippen molar-refractivity contribution in [3.63, 3.8) is 0 Å². The maximum absolute atomic E-state index is 12.3. The number of aromatic nitrogens is 3. The van der Waals surface area contributed by atoms with Crippen LogP contribution in [0, 0.1) is 6.92 Å². The van der Waals surface area contributed by atoms with Gasteiger partial charge in [0.05, 0.1) is 11.3 Å². The molecule has 0 radical (unpaired) electrons. The Morgan fingerprint density at radius 2 is 2.17 bits per heavy atom. The van der Waals surface area contributed by atoms with E-state index in [4.69, 9.17) is 0 Å². The molecule has 1 aliphatic heterocycles. The molecule has 0 atom stereocenters. The lowest BCUT2D eigenvalue weighted by atomic mass is 10.2. The van der Waals surface area contributed by atoms with Crippen molar-refractivity contribution in [2.75, 3.05) is 19.6 Å². The lowest BCUT2D eigenvalue weighted by molar-refractivity contribution is -0.130. The summed E-state index contributed by atoms with van der Waals surface area (Å²) in [6, 6.07) is 1.82. The third-order valence-corrected chi connectivity index (χ3v) is 4.46. The van der Waals surface area contributed by atoms with Crippen molar-refractivity contribution in [2.24, 2.45) is 7.05 Å². The summed E-state index contributed by atoms with van der Waals surface area (Å²) in [5.41, 5.74) is 2.13. The Hall–Kier alpha value is -2.44. The number of fused-ring (bicyclic) bond motifs is 1. The number of amides is 2. The number of aryl methyl sites for hydroxylation is 2. The van der Waals surface area contributed by atoms with Crippen LogP contribution in [0.1, 0.15) is 41.7 Å². The molecule has 7 nitrogen and oxygen atoms in total. The second-order valence-corrected chi connectivity index (χ2v) is 6.25. The van der Waals surface area contributed by atoms with Gasteiger partial charge >= 0.3 is 0 Å². The van der Waals surface area contributed by atoms with Crippen LogP contribution < -0.4 is 5.32 Å². The van der Waals surface area contributed by atoms with Crippen LogP contribution in [0.4, 0.5) is 0 Å². The molecule has 1 saturated heterocycles. The summed E-state index contributed by atoms with van der Waals surface area (Å²) in [4.78, 5) is 30.4. The number of hydrogen-bond acceptors (Lipinski definition) is 4. The van der Waals surface area contributed by atoms with Crippen LogP contribution in [0.15, 0.2) is 12.3 Å². The molecule has 2 amide bonds. The molecule has 0 unspecified atom stereocenters. The van der Waals surface area contributed by atoms with E-state index in [0.29, 0.717) is 25.1 Å². The first-order chi connectivity index (χ1) is 11.6. The maximum Gasteiger partial charge on any atom is 0.252 e. The van der Waals surface area contributed by atoms with Crippen LogP contribution in [0.5, 0.6) is 0 Å². The van der Waals surface area contributed by atoms with Gasteiger partial charge in [0.15, 0.2) is 5.65 Å². The topological polar surface area (TPSA) is 80.1 Å². The summed E-state index contributed by atoms with van der Waals surface area (Å²) in [5.74, 6) is 0.0192.